The molecule has 31 heavy (non-hydrogen) atoms. The molecule has 1 aliphatic heterocycles. The quantitative estimate of drug-likeness (QED) is 0.501. The SMILES string of the molecule is O=C(c1cccc(Cn2cccn2)c1)N1CCCC1c1ccnc(-c2ccccn2)n1. The van der Waals surface area contributed by atoms with E-state index in [0.29, 0.717) is 17.9 Å². The molecule has 5 rings (SSSR count). The number of nitrogens with zero attached hydrogens (tertiary/aromatic N) is 6. The number of likely N-dealkylation sites (tertiary alicyclic amines) is 1. The lowest BCUT2D eigenvalue weighted by molar-refractivity contribution is 0.0732. The maximum Gasteiger partial charge on any atom is 0.254 e. The summed E-state index contributed by atoms with van der Waals surface area (Å²) in [6.07, 6.45) is 8.98. The Morgan fingerprint density at radius 1 is 1.00 bits per heavy atom. The molecule has 7 heteroatoms. The van der Waals surface area contributed by atoms with E-state index in [1.807, 2.05) is 70.4 Å². The fourth-order valence-corrected chi connectivity index (χ4v) is 4.04. The van der Waals surface area contributed by atoms with Gasteiger partial charge in [0.25, 0.3) is 5.91 Å². The van der Waals surface area contributed by atoms with Crippen molar-refractivity contribution in [2.45, 2.75) is 25.4 Å². The molecule has 0 spiro atoms. The molecule has 4 heterocycles. The largest absolute Gasteiger partial charge is 0.330 e. The lowest BCUT2D eigenvalue weighted by Crippen LogP contribution is -2.31. The van der Waals surface area contributed by atoms with Crippen LogP contribution in [0.4, 0.5) is 0 Å². The van der Waals surface area contributed by atoms with Crippen molar-refractivity contribution in [3.8, 4) is 11.5 Å². The number of amides is 1. The number of aromatic nitrogens is 5. The molecule has 1 saturated heterocycles. The Hall–Kier alpha value is -3.87. The maximum atomic E-state index is 13.4. The molecule has 154 valence electrons. The van der Waals surface area contributed by atoms with Gasteiger partial charge in [0.15, 0.2) is 5.82 Å². The summed E-state index contributed by atoms with van der Waals surface area (Å²) in [4.78, 5) is 28.8. The molecule has 1 fully saturated rings. The van der Waals surface area contributed by atoms with Crippen LogP contribution in [-0.2, 0) is 6.54 Å². The standard InChI is InChI=1S/C24H22N6O/c31-24(19-7-3-6-18(16-19)17-29-14-5-12-27-29)30-15-4-9-22(30)20-10-13-26-23(28-20)21-8-1-2-11-25-21/h1-3,5-8,10-14,16,22H,4,9,15,17H2. The second-order valence-electron chi connectivity index (χ2n) is 7.58. The number of carbonyl (C=O) groups is 1. The molecule has 0 bridgehead atoms. The van der Waals surface area contributed by atoms with Crippen molar-refractivity contribution >= 4 is 5.91 Å². The molecule has 1 aromatic carbocycles. The van der Waals surface area contributed by atoms with E-state index in [-0.39, 0.29) is 11.9 Å². The van der Waals surface area contributed by atoms with Gasteiger partial charge in [-0.1, -0.05) is 18.2 Å². The monoisotopic (exact) mass is 410 g/mol. The van der Waals surface area contributed by atoms with Crippen LogP contribution < -0.4 is 0 Å². The van der Waals surface area contributed by atoms with Crippen LogP contribution >= 0.6 is 0 Å². The minimum atomic E-state index is -0.0623. The highest BCUT2D eigenvalue weighted by atomic mass is 16.2. The van der Waals surface area contributed by atoms with Gasteiger partial charge >= 0.3 is 0 Å². The molecule has 0 saturated carbocycles. The van der Waals surface area contributed by atoms with Gasteiger partial charge in [0, 0.05) is 36.9 Å². The zero-order valence-corrected chi connectivity index (χ0v) is 17.0. The van der Waals surface area contributed by atoms with Crippen LogP contribution in [0.3, 0.4) is 0 Å². The van der Waals surface area contributed by atoms with Crippen molar-refractivity contribution < 1.29 is 4.79 Å². The topological polar surface area (TPSA) is 76.8 Å². The molecule has 1 amide bonds. The molecule has 4 aromatic rings. The first kappa shape index (κ1) is 19.1. The van der Waals surface area contributed by atoms with E-state index in [0.717, 1.165) is 36.3 Å². The van der Waals surface area contributed by atoms with E-state index in [1.54, 1.807) is 18.6 Å². The molecule has 1 unspecified atom stereocenters. The van der Waals surface area contributed by atoms with Crippen molar-refractivity contribution in [1.82, 2.24) is 29.6 Å². The summed E-state index contributed by atoms with van der Waals surface area (Å²) >= 11 is 0. The number of hydrogen-bond donors (Lipinski definition) is 0. The van der Waals surface area contributed by atoms with Crippen molar-refractivity contribution in [3.05, 3.63) is 96.2 Å². The summed E-state index contributed by atoms with van der Waals surface area (Å²) in [6.45, 7) is 1.35. The van der Waals surface area contributed by atoms with Gasteiger partial charge in [-0.3, -0.25) is 14.5 Å². The van der Waals surface area contributed by atoms with Crippen LogP contribution in [0, 0.1) is 0 Å². The van der Waals surface area contributed by atoms with E-state index in [9.17, 15) is 4.79 Å². The van der Waals surface area contributed by atoms with Crippen LogP contribution in [0.2, 0.25) is 0 Å². The van der Waals surface area contributed by atoms with Gasteiger partial charge in [0.05, 0.1) is 18.3 Å². The molecule has 1 aliphatic rings. The van der Waals surface area contributed by atoms with E-state index in [1.165, 1.54) is 0 Å². The Labute approximate surface area is 180 Å². The van der Waals surface area contributed by atoms with Gasteiger partial charge in [-0.15, -0.1) is 0 Å². The van der Waals surface area contributed by atoms with Gasteiger partial charge in [-0.2, -0.15) is 5.10 Å². The highest BCUT2D eigenvalue weighted by Gasteiger charge is 2.32. The second kappa shape index (κ2) is 8.47. The summed E-state index contributed by atoms with van der Waals surface area (Å²) in [7, 11) is 0. The van der Waals surface area contributed by atoms with Crippen molar-refractivity contribution in [3.63, 3.8) is 0 Å². The lowest BCUT2D eigenvalue weighted by atomic mass is 10.1. The average molecular weight is 410 g/mol. The number of rotatable bonds is 5. The molecular weight excluding hydrogens is 388 g/mol. The molecule has 1 atom stereocenters. The highest BCUT2D eigenvalue weighted by molar-refractivity contribution is 5.94. The van der Waals surface area contributed by atoms with Gasteiger partial charge in [0.2, 0.25) is 0 Å². The van der Waals surface area contributed by atoms with Crippen LogP contribution in [0.1, 0.15) is 40.5 Å². The second-order valence-corrected chi connectivity index (χ2v) is 7.58. The minimum Gasteiger partial charge on any atom is -0.330 e. The molecule has 7 nitrogen and oxygen atoms in total. The summed E-state index contributed by atoms with van der Waals surface area (Å²) in [6, 6.07) is 17.2. The summed E-state index contributed by atoms with van der Waals surface area (Å²) in [5.41, 5.74) is 3.32. The smallest absolute Gasteiger partial charge is 0.254 e. The highest BCUT2D eigenvalue weighted by Crippen LogP contribution is 2.32. The number of carbonyl (C=O) groups excluding carboxylic acids is 1. The Kier molecular flexibility index (Phi) is 5.22. The molecule has 0 N–H and O–H groups in total. The normalized spacial score (nSPS) is 15.9. The van der Waals surface area contributed by atoms with Crippen LogP contribution in [0.15, 0.2) is 79.4 Å². The van der Waals surface area contributed by atoms with Gasteiger partial charge in [0.1, 0.15) is 5.69 Å². The summed E-state index contributed by atoms with van der Waals surface area (Å²) in [5.74, 6) is 0.612. The Balaban J connectivity index is 1.39. The lowest BCUT2D eigenvalue weighted by Gasteiger charge is -2.25. The zero-order valence-electron chi connectivity index (χ0n) is 17.0. The fourth-order valence-electron chi connectivity index (χ4n) is 4.04. The van der Waals surface area contributed by atoms with Crippen molar-refractivity contribution in [2.75, 3.05) is 6.54 Å². The third kappa shape index (κ3) is 4.07. The van der Waals surface area contributed by atoms with Crippen molar-refractivity contribution in [2.24, 2.45) is 0 Å². The van der Waals surface area contributed by atoms with Gasteiger partial charge in [-0.05, 0) is 54.8 Å². The Morgan fingerprint density at radius 3 is 2.81 bits per heavy atom. The molecular formula is C24H22N6O. The van der Waals surface area contributed by atoms with E-state index < -0.39 is 0 Å². The predicted octanol–water partition coefficient (Wildman–Crippen LogP) is 3.76. The third-order valence-electron chi connectivity index (χ3n) is 5.50. The molecule has 3 aromatic heterocycles. The van der Waals surface area contributed by atoms with Crippen LogP contribution in [-0.4, -0.2) is 42.1 Å². The Morgan fingerprint density at radius 2 is 1.97 bits per heavy atom. The number of pyridine rings is 1. The first-order valence-corrected chi connectivity index (χ1v) is 10.4. The first-order valence-electron chi connectivity index (χ1n) is 10.4. The summed E-state index contributed by atoms with van der Waals surface area (Å²) < 4.78 is 1.85. The van der Waals surface area contributed by atoms with Gasteiger partial charge in [-0.25, -0.2) is 9.97 Å². The summed E-state index contributed by atoms with van der Waals surface area (Å²) in [5, 5.41) is 4.25. The number of benzene rings is 1. The maximum absolute atomic E-state index is 13.4. The molecule has 0 aliphatic carbocycles. The minimum absolute atomic E-state index is 0.0304. The fraction of sp³-hybridized carbons (Fsp3) is 0.208. The van der Waals surface area contributed by atoms with Crippen molar-refractivity contribution in [1.29, 1.82) is 0 Å². The molecule has 0 radical (unpaired) electrons. The Bertz CT molecular complexity index is 1180. The van der Waals surface area contributed by atoms with E-state index in [4.69, 9.17) is 4.98 Å². The third-order valence-corrected chi connectivity index (χ3v) is 5.50. The van der Waals surface area contributed by atoms with E-state index in [2.05, 4.69) is 15.1 Å². The van der Waals surface area contributed by atoms with E-state index >= 15 is 0 Å². The number of hydrogen-bond acceptors (Lipinski definition) is 5. The first-order chi connectivity index (χ1) is 15.3. The van der Waals surface area contributed by atoms with Crippen LogP contribution in [0.25, 0.3) is 11.5 Å². The zero-order chi connectivity index (χ0) is 21.0. The average Bonchev–Trinajstić information content (AvgIpc) is 3.52. The predicted molar refractivity (Wildman–Crippen MR) is 116 cm³/mol. The van der Waals surface area contributed by atoms with Crippen LogP contribution in [0.5, 0.6) is 0 Å². The van der Waals surface area contributed by atoms with Gasteiger partial charge < -0.3 is 4.90 Å².